The van der Waals surface area contributed by atoms with Crippen molar-refractivity contribution >= 4 is 5.69 Å². The largest absolute Gasteiger partial charge is 0.378 e. The summed E-state index contributed by atoms with van der Waals surface area (Å²) in [6.07, 6.45) is 9.69. The van der Waals surface area contributed by atoms with E-state index >= 15 is 0 Å². The highest BCUT2D eigenvalue weighted by molar-refractivity contribution is 5.60. The monoisotopic (exact) mass is 262 g/mol. The first-order chi connectivity index (χ1) is 9.83. The molecular formula is C18H18N2. The molecule has 1 N–H and O–H groups in total. The second kappa shape index (κ2) is 4.48. The molecule has 1 aliphatic heterocycles. The normalized spacial score (nSPS) is 26.8. The Bertz CT molecular complexity index is 660. The summed E-state index contributed by atoms with van der Waals surface area (Å²) < 4.78 is 0. The quantitative estimate of drug-likeness (QED) is 0.778. The maximum atomic E-state index is 4.28. The highest BCUT2D eigenvalue weighted by Gasteiger charge is 2.37. The Morgan fingerprint density at radius 1 is 1.25 bits per heavy atom. The van der Waals surface area contributed by atoms with Crippen LogP contribution in [0.25, 0.3) is 0 Å². The second-order valence-corrected chi connectivity index (χ2v) is 5.85. The summed E-state index contributed by atoms with van der Waals surface area (Å²) in [7, 11) is 0. The van der Waals surface area contributed by atoms with Crippen LogP contribution in [0.5, 0.6) is 0 Å². The number of benzene rings is 1. The SMILES string of the molecule is Cc1ccc2c(c1)[C@@H]1C=CC[C@@H]1[C@H](c1cccnc1)N2. The minimum Gasteiger partial charge on any atom is -0.378 e. The van der Waals surface area contributed by atoms with Crippen LogP contribution in [-0.2, 0) is 0 Å². The van der Waals surface area contributed by atoms with Gasteiger partial charge in [-0.3, -0.25) is 4.98 Å². The number of rotatable bonds is 1. The topological polar surface area (TPSA) is 24.9 Å². The van der Waals surface area contributed by atoms with Crippen LogP contribution in [0.3, 0.4) is 0 Å². The Labute approximate surface area is 119 Å². The first-order valence-corrected chi connectivity index (χ1v) is 7.26. The van der Waals surface area contributed by atoms with Crippen molar-refractivity contribution in [2.75, 3.05) is 5.32 Å². The van der Waals surface area contributed by atoms with Crippen LogP contribution in [0, 0.1) is 12.8 Å². The molecule has 2 aliphatic rings. The summed E-state index contributed by atoms with van der Waals surface area (Å²) in [5, 5.41) is 3.73. The van der Waals surface area contributed by atoms with Crippen LogP contribution in [0.2, 0.25) is 0 Å². The molecule has 1 aromatic carbocycles. The molecule has 0 amide bonds. The number of anilines is 1. The summed E-state index contributed by atoms with van der Waals surface area (Å²) in [5.74, 6) is 1.14. The van der Waals surface area contributed by atoms with Gasteiger partial charge in [0.1, 0.15) is 0 Å². The summed E-state index contributed by atoms with van der Waals surface area (Å²) in [6, 6.07) is 11.3. The number of nitrogens with one attached hydrogen (secondary N) is 1. The molecule has 0 unspecified atom stereocenters. The Morgan fingerprint density at radius 2 is 2.20 bits per heavy atom. The smallest absolute Gasteiger partial charge is 0.0569 e. The number of aryl methyl sites for hydroxylation is 1. The number of hydrogen-bond acceptors (Lipinski definition) is 2. The highest BCUT2D eigenvalue weighted by atomic mass is 15.0. The van der Waals surface area contributed by atoms with Crippen molar-refractivity contribution in [1.82, 2.24) is 4.98 Å². The molecule has 20 heavy (non-hydrogen) atoms. The van der Waals surface area contributed by atoms with Crippen molar-refractivity contribution < 1.29 is 0 Å². The van der Waals surface area contributed by atoms with Gasteiger partial charge in [0.25, 0.3) is 0 Å². The molecule has 0 radical (unpaired) electrons. The van der Waals surface area contributed by atoms with Gasteiger partial charge in [0.05, 0.1) is 6.04 Å². The predicted molar refractivity (Wildman–Crippen MR) is 81.8 cm³/mol. The molecule has 4 rings (SSSR count). The Hall–Kier alpha value is -2.09. The van der Waals surface area contributed by atoms with Gasteiger partial charge < -0.3 is 5.32 Å². The van der Waals surface area contributed by atoms with Gasteiger partial charge >= 0.3 is 0 Å². The summed E-state index contributed by atoms with van der Waals surface area (Å²) in [4.78, 5) is 4.28. The fourth-order valence-electron chi connectivity index (χ4n) is 3.60. The number of aromatic nitrogens is 1. The zero-order valence-corrected chi connectivity index (χ0v) is 11.6. The van der Waals surface area contributed by atoms with Crippen molar-refractivity contribution in [3.63, 3.8) is 0 Å². The third kappa shape index (κ3) is 1.75. The number of hydrogen-bond donors (Lipinski definition) is 1. The average Bonchev–Trinajstić information content (AvgIpc) is 2.97. The van der Waals surface area contributed by atoms with E-state index in [2.05, 4.69) is 53.6 Å². The van der Waals surface area contributed by atoms with Gasteiger partial charge in [0.2, 0.25) is 0 Å². The minimum absolute atomic E-state index is 0.360. The summed E-state index contributed by atoms with van der Waals surface area (Å²) in [6.45, 7) is 2.17. The van der Waals surface area contributed by atoms with Crippen LogP contribution < -0.4 is 5.32 Å². The molecule has 100 valence electrons. The molecule has 1 aromatic heterocycles. The van der Waals surface area contributed by atoms with Crippen LogP contribution in [0.1, 0.15) is 35.1 Å². The molecule has 2 heteroatoms. The van der Waals surface area contributed by atoms with Crippen molar-refractivity contribution in [2.45, 2.75) is 25.3 Å². The number of nitrogens with zero attached hydrogens (tertiary/aromatic N) is 1. The first kappa shape index (κ1) is 11.7. The van der Waals surface area contributed by atoms with E-state index in [1.165, 1.54) is 22.4 Å². The van der Waals surface area contributed by atoms with Crippen molar-refractivity contribution in [3.8, 4) is 0 Å². The summed E-state index contributed by atoms with van der Waals surface area (Å²) in [5.41, 5.74) is 5.35. The molecule has 0 fully saturated rings. The van der Waals surface area contributed by atoms with Crippen LogP contribution >= 0.6 is 0 Å². The van der Waals surface area contributed by atoms with Gasteiger partial charge in [-0.1, -0.05) is 35.9 Å². The lowest BCUT2D eigenvalue weighted by Crippen LogP contribution is -2.29. The van der Waals surface area contributed by atoms with E-state index in [1.54, 1.807) is 0 Å². The number of allylic oxidation sites excluding steroid dienone is 2. The fraction of sp³-hybridized carbons (Fsp3) is 0.278. The third-order valence-electron chi connectivity index (χ3n) is 4.56. The Balaban J connectivity index is 1.80. The van der Waals surface area contributed by atoms with Crippen molar-refractivity contribution in [2.24, 2.45) is 5.92 Å². The van der Waals surface area contributed by atoms with Crippen LogP contribution in [0.4, 0.5) is 5.69 Å². The van der Waals surface area contributed by atoms with Gasteiger partial charge in [0.15, 0.2) is 0 Å². The highest BCUT2D eigenvalue weighted by Crippen LogP contribution is 2.49. The fourth-order valence-corrected chi connectivity index (χ4v) is 3.60. The van der Waals surface area contributed by atoms with Gasteiger partial charge in [-0.15, -0.1) is 0 Å². The van der Waals surface area contributed by atoms with Gasteiger partial charge in [-0.25, -0.2) is 0 Å². The number of pyridine rings is 1. The molecule has 2 heterocycles. The second-order valence-electron chi connectivity index (χ2n) is 5.85. The molecule has 0 saturated heterocycles. The van der Waals surface area contributed by atoms with Gasteiger partial charge in [0, 0.05) is 24.0 Å². The minimum atomic E-state index is 0.360. The number of fused-ring (bicyclic) bond motifs is 3. The zero-order chi connectivity index (χ0) is 13.5. The van der Waals surface area contributed by atoms with Crippen LogP contribution in [-0.4, -0.2) is 4.98 Å². The van der Waals surface area contributed by atoms with Gasteiger partial charge in [-0.2, -0.15) is 0 Å². The molecule has 0 spiro atoms. The zero-order valence-electron chi connectivity index (χ0n) is 11.6. The average molecular weight is 262 g/mol. The maximum absolute atomic E-state index is 4.28. The summed E-state index contributed by atoms with van der Waals surface area (Å²) >= 11 is 0. The van der Waals surface area contributed by atoms with E-state index in [0.29, 0.717) is 17.9 Å². The lowest BCUT2D eigenvalue weighted by atomic mass is 9.77. The van der Waals surface area contributed by atoms with E-state index in [1.807, 2.05) is 18.5 Å². The maximum Gasteiger partial charge on any atom is 0.0569 e. The molecule has 1 aliphatic carbocycles. The molecule has 2 aromatic rings. The predicted octanol–water partition coefficient (Wildman–Crippen LogP) is 4.22. The standard InChI is InChI=1S/C18H18N2/c1-12-7-8-17-16(10-12)14-5-2-6-15(14)18(20-17)13-4-3-9-19-11-13/h2-5,7-11,14-15,18,20H,6H2,1H3/t14-,15+,18+/m1/s1. The van der Waals surface area contributed by atoms with Crippen molar-refractivity contribution in [1.29, 1.82) is 0 Å². The van der Waals surface area contributed by atoms with Gasteiger partial charge in [-0.05, 0) is 42.5 Å². The van der Waals surface area contributed by atoms with Crippen molar-refractivity contribution in [3.05, 3.63) is 71.6 Å². The molecule has 3 atom stereocenters. The van der Waals surface area contributed by atoms with Crippen LogP contribution in [0.15, 0.2) is 54.9 Å². The molecule has 0 saturated carbocycles. The Morgan fingerprint density at radius 3 is 3.05 bits per heavy atom. The third-order valence-corrected chi connectivity index (χ3v) is 4.56. The first-order valence-electron chi connectivity index (χ1n) is 7.26. The lowest BCUT2D eigenvalue weighted by Gasteiger charge is -2.37. The van der Waals surface area contributed by atoms with E-state index < -0.39 is 0 Å². The van der Waals surface area contributed by atoms with E-state index in [9.17, 15) is 0 Å². The molecule has 2 nitrogen and oxygen atoms in total. The van der Waals surface area contributed by atoms with E-state index in [-0.39, 0.29) is 0 Å². The van der Waals surface area contributed by atoms with E-state index in [4.69, 9.17) is 0 Å². The molecular weight excluding hydrogens is 244 g/mol. The Kier molecular flexibility index (Phi) is 2.62. The lowest BCUT2D eigenvalue weighted by molar-refractivity contribution is 0.425. The van der Waals surface area contributed by atoms with E-state index in [0.717, 1.165) is 6.42 Å². The molecule has 0 bridgehead atoms.